The van der Waals surface area contributed by atoms with Gasteiger partial charge in [0.05, 0.1) is 0 Å². The molecular formula is C8H15N3. The van der Waals surface area contributed by atoms with Crippen molar-refractivity contribution in [3.63, 3.8) is 0 Å². The molecule has 1 fully saturated rings. The van der Waals surface area contributed by atoms with E-state index in [0.717, 1.165) is 19.4 Å². The minimum Gasteiger partial charge on any atom is -0.321 e. The van der Waals surface area contributed by atoms with Crippen molar-refractivity contribution in [3.8, 4) is 6.19 Å². The van der Waals surface area contributed by atoms with Gasteiger partial charge in [0.25, 0.3) is 0 Å². The van der Waals surface area contributed by atoms with Crippen molar-refractivity contribution in [2.24, 2.45) is 0 Å². The summed E-state index contributed by atoms with van der Waals surface area (Å²) in [7, 11) is 2.13. The van der Waals surface area contributed by atoms with Gasteiger partial charge in [-0.15, -0.1) is 0 Å². The molecule has 1 aliphatic heterocycles. The Bertz CT molecular complexity index is 161. The normalized spacial score (nSPS) is 32.8. The van der Waals surface area contributed by atoms with Crippen LogP contribution in [-0.4, -0.2) is 30.6 Å². The SMILES string of the molecule is CC1CC(NC#N)CCN1C. The van der Waals surface area contributed by atoms with Gasteiger partial charge in [-0.3, -0.25) is 0 Å². The number of hydrogen-bond acceptors (Lipinski definition) is 3. The third kappa shape index (κ3) is 2.09. The maximum atomic E-state index is 8.40. The fourth-order valence-electron chi connectivity index (χ4n) is 1.51. The lowest BCUT2D eigenvalue weighted by molar-refractivity contribution is 0.175. The molecule has 0 saturated carbocycles. The molecule has 0 amide bonds. The van der Waals surface area contributed by atoms with Gasteiger partial charge in [-0.25, -0.2) is 0 Å². The summed E-state index contributed by atoms with van der Waals surface area (Å²) in [5.74, 6) is 0. The molecule has 3 heteroatoms. The molecule has 62 valence electrons. The molecule has 1 aliphatic rings. The maximum absolute atomic E-state index is 8.40. The quantitative estimate of drug-likeness (QED) is 0.441. The Morgan fingerprint density at radius 1 is 1.64 bits per heavy atom. The third-order valence-corrected chi connectivity index (χ3v) is 2.48. The van der Waals surface area contributed by atoms with Gasteiger partial charge in [-0.1, -0.05) is 0 Å². The molecule has 1 rings (SSSR count). The van der Waals surface area contributed by atoms with Gasteiger partial charge >= 0.3 is 0 Å². The molecule has 1 saturated heterocycles. The van der Waals surface area contributed by atoms with E-state index >= 15 is 0 Å². The number of hydrogen-bond donors (Lipinski definition) is 1. The van der Waals surface area contributed by atoms with E-state index in [2.05, 4.69) is 24.2 Å². The Labute approximate surface area is 68.0 Å². The summed E-state index contributed by atoms with van der Waals surface area (Å²) in [5.41, 5.74) is 0. The van der Waals surface area contributed by atoms with Gasteiger partial charge in [0.15, 0.2) is 6.19 Å². The molecule has 1 N–H and O–H groups in total. The van der Waals surface area contributed by atoms with Crippen LogP contribution in [0.25, 0.3) is 0 Å². The van der Waals surface area contributed by atoms with Crippen molar-refractivity contribution in [1.29, 1.82) is 5.26 Å². The van der Waals surface area contributed by atoms with E-state index in [1.54, 1.807) is 0 Å². The number of likely N-dealkylation sites (tertiary alicyclic amines) is 1. The van der Waals surface area contributed by atoms with Crippen LogP contribution in [0.4, 0.5) is 0 Å². The predicted octanol–water partition coefficient (Wildman–Crippen LogP) is 0.540. The third-order valence-electron chi connectivity index (χ3n) is 2.48. The Morgan fingerprint density at radius 2 is 2.36 bits per heavy atom. The lowest BCUT2D eigenvalue weighted by Crippen LogP contribution is -2.44. The topological polar surface area (TPSA) is 39.1 Å². The minimum atomic E-state index is 0.409. The van der Waals surface area contributed by atoms with Crippen LogP contribution >= 0.6 is 0 Å². The van der Waals surface area contributed by atoms with Crippen molar-refractivity contribution < 1.29 is 0 Å². The van der Waals surface area contributed by atoms with Crippen LogP contribution in [-0.2, 0) is 0 Å². The number of nitriles is 1. The summed E-state index contributed by atoms with van der Waals surface area (Å²) >= 11 is 0. The predicted molar refractivity (Wildman–Crippen MR) is 43.9 cm³/mol. The second-order valence-corrected chi connectivity index (χ2v) is 3.31. The summed E-state index contributed by atoms with van der Waals surface area (Å²) in [6, 6.07) is 1.01. The van der Waals surface area contributed by atoms with Gasteiger partial charge < -0.3 is 10.2 Å². The van der Waals surface area contributed by atoms with Crippen molar-refractivity contribution in [2.45, 2.75) is 31.8 Å². The molecule has 1 heterocycles. The highest BCUT2D eigenvalue weighted by Gasteiger charge is 2.21. The molecule has 0 aliphatic carbocycles. The first-order chi connectivity index (χ1) is 5.24. The fourth-order valence-corrected chi connectivity index (χ4v) is 1.51. The van der Waals surface area contributed by atoms with Crippen LogP contribution in [0.1, 0.15) is 19.8 Å². The zero-order chi connectivity index (χ0) is 8.27. The molecular weight excluding hydrogens is 138 g/mol. The monoisotopic (exact) mass is 153 g/mol. The first-order valence-electron chi connectivity index (χ1n) is 4.09. The van der Waals surface area contributed by atoms with Crippen LogP contribution in [0.2, 0.25) is 0 Å². The van der Waals surface area contributed by atoms with Gasteiger partial charge in [0.2, 0.25) is 0 Å². The lowest BCUT2D eigenvalue weighted by atomic mass is 9.99. The fraction of sp³-hybridized carbons (Fsp3) is 0.875. The Kier molecular flexibility index (Phi) is 2.72. The first-order valence-corrected chi connectivity index (χ1v) is 4.09. The summed E-state index contributed by atoms with van der Waals surface area (Å²) in [6.07, 6.45) is 4.18. The average Bonchev–Trinajstić information content (AvgIpc) is 1.98. The first kappa shape index (κ1) is 8.35. The van der Waals surface area contributed by atoms with Gasteiger partial charge in [0, 0.05) is 18.6 Å². The number of nitrogens with one attached hydrogen (secondary N) is 1. The molecule has 2 atom stereocenters. The van der Waals surface area contributed by atoms with E-state index in [-0.39, 0.29) is 0 Å². The highest BCUT2D eigenvalue weighted by Crippen LogP contribution is 2.14. The van der Waals surface area contributed by atoms with Crippen molar-refractivity contribution in [1.82, 2.24) is 10.2 Å². The van der Waals surface area contributed by atoms with Gasteiger partial charge in [-0.2, -0.15) is 5.26 Å². The van der Waals surface area contributed by atoms with Crippen LogP contribution in [0.15, 0.2) is 0 Å². The van der Waals surface area contributed by atoms with E-state index in [4.69, 9.17) is 5.26 Å². The Morgan fingerprint density at radius 3 is 2.91 bits per heavy atom. The molecule has 0 aromatic heterocycles. The maximum Gasteiger partial charge on any atom is 0.176 e. The van der Waals surface area contributed by atoms with E-state index in [1.165, 1.54) is 0 Å². The molecule has 0 bridgehead atoms. The van der Waals surface area contributed by atoms with Crippen LogP contribution < -0.4 is 5.32 Å². The standard InChI is InChI=1S/C8H15N3/c1-7-5-8(10-6-9)3-4-11(7)2/h7-8,10H,3-5H2,1-2H3. The zero-order valence-electron chi connectivity index (χ0n) is 7.17. The number of piperidine rings is 1. The van der Waals surface area contributed by atoms with E-state index in [0.29, 0.717) is 12.1 Å². The summed E-state index contributed by atoms with van der Waals surface area (Å²) in [6.45, 7) is 3.30. The van der Waals surface area contributed by atoms with Crippen LogP contribution in [0.5, 0.6) is 0 Å². The van der Waals surface area contributed by atoms with E-state index in [9.17, 15) is 0 Å². The Hall–Kier alpha value is -0.750. The molecule has 0 spiro atoms. The zero-order valence-corrected chi connectivity index (χ0v) is 7.17. The molecule has 11 heavy (non-hydrogen) atoms. The Balaban J connectivity index is 2.35. The van der Waals surface area contributed by atoms with Crippen molar-refractivity contribution in [2.75, 3.05) is 13.6 Å². The van der Waals surface area contributed by atoms with Gasteiger partial charge in [0.1, 0.15) is 0 Å². The summed E-state index contributed by atoms with van der Waals surface area (Å²) in [5, 5.41) is 11.2. The molecule has 0 aromatic rings. The van der Waals surface area contributed by atoms with Crippen LogP contribution in [0.3, 0.4) is 0 Å². The highest BCUT2D eigenvalue weighted by molar-refractivity contribution is 4.85. The smallest absolute Gasteiger partial charge is 0.176 e. The lowest BCUT2D eigenvalue weighted by Gasteiger charge is -2.34. The highest BCUT2D eigenvalue weighted by atomic mass is 15.1. The molecule has 0 aromatic carbocycles. The van der Waals surface area contributed by atoms with E-state index < -0.39 is 0 Å². The molecule has 3 nitrogen and oxygen atoms in total. The number of rotatable bonds is 1. The minimum absolute atomic E-state index is 0.409. The molecule has 0 radical (unpaired) electrons. The van der Waals surface area contributed by atoms with E-state index in [1.807, 2.05) is 6.19 Å². The average molecular weight is 153 g/mol. The second kappa shape index (κ2) is 3.59. The molecule has 2 unspecified atom stereocenters. The van der Waals surface area contributed by atoms with Crippen molar-refractivity contribution >= 4 is 0 Å². The van der Waals surface area contributed by atoms with Crippen molar-refractivity contribution in [3.05, 3.63) is 0 Å². The van der Waals surface area contributed by atoms with Gasteiger partial charge in [-0.05, 0) is 26.8 Å². The summed E-state index contributed by atoms with van der Waals surface area (Å²) in [4.78, 5) is 2.33. The number of nitrogens with zero attached hydrogens (tertiary/aromatic N) is 2. The largest absolute Gasteiger partial charge is 0.321 e. The van der Waals surface area contributed by atoms with Crippen LogP contribution in [0, 0.1) is 11.5 Å². The summed E-state index contributed by atoms with van der Waals surface area (Å²) < 4.78 is 0. The second-order valence-electron chi connectivity index (χ2n) is 3.31.